The predicted molar refractivity (Wildman–Crippen MR) is 127 cm³/mol. The molecular formula is C23H33N3O5S. The number of sulfonamides is 1. The largest absolute Gasteiger partial charge is 0.497 e. The molecule has 1 aliphatic rings. The molecule has 2 aromatic carbocycles. The summed E-state index contributed by atoms with van der Waals surface area (Å²) in [6.45, 7) is 4.00. The molecule has 0 aromatic heterocycles. The minimum absolute atomic E-state index is 0.0464. The lowest BCUT2D eigenvalue weighted by Gasteiger charge is -2.34. The summed E-state index contributed by atoms with van der Waals surface area (Å²) in [6.07, 6.45) is 1.27. The summed E-state index contributed by atoms with van der Waals surface area (Å²) in [5.74, 6) is 1.43. The van der Waals surface area contributed by atoms with E-state index in [0.717, 1.165) is 37.4 Å². The van der Waals surface area contributed by atoms with Gasteiger partial charge in [0.25, 0.3) is 0 Å². The predicted octanol–water partition coefficient (Wildman–Crippen LogP) is 2.46. The van der Waals surface area contributed by atoms with Gasteiger partial charge in [-0.1, -0.05) is 12.1 Å². The molecule has 3 rings (SSSR count). The second kappa shape index (κ2) is 11.4. The number of hydrogen-bond acceptors (Lipinski definition) is 7. The maximum absolute atomic E-state index is 11.8. The lowest BCUT2D eigenvalue weighted by Crippen LogP contribution is -2.45. The van der Waals surface area contributed by atoms with E-state index in [4.69, 9.17) is 9.47 Å². The average molecular weight is 464 g/mol. The van der Waals surface area contributed by atoms with E-state index in [1.165, 1.54) is 0 Å². The number of ether oxygens (including phenoxy) is 2. The fourth-order valence-electron chi connectivity index (χ4n) is 3.60. The van der Waals surface area contributed by atoms with Gasteiger partial charge in [-0.3, -0.25) is 4.72 Å². The minimum Gasteiger partial charge on any atom is -0.497 e. The van der Waals surface area contributed by atoms with E-state index in [1.54, 1.807) is 26.2 Å². The van der Waals surface area contributed by atoms with Gasteiger partial charge >= 0.3 is 0 Å². The molecule has 176 valence electrons. The molecule has 1 fully saturated rings. The van der Waals surface area contributed by atoms with E-state index in [9.17, 15) is 13.5 Å². The third-order valence-electron chi connectivity index (χ3n) is 5.49. The SMILES string of the molecule is CCS(=O)(=O)Nc1cccc(N2CCC(NC[C@@H](O)COc3cccc(OC)c3)CC2)c1. The summed E-state index contributed by atoms with van der Waals surface area (Å²) >= 11 is 0. The van der Waals surface area contributed by atoms with Crippen LogP contribution in [0.15, 0.2) is 48.5 Å². The molecule has 3 N–H and O–H groups in total. The fraction of sp³-hybridized carbons (Fsp3) is 0.478. The van der Waals surface area contributed by atoms with Gasteiger partial charge in [-0.25, -0.2) is 8.42 Å². The first kappa shape index (κ1) is 24.2. The molecule has 2 aromatic rings. The van der Waals surface area contributed by atoms with Gasteiger partial charge in [0.1, 0.15) is 24.2 Å². The van der Waals surface area contributed by atoms with Crippen molar-refractivity contribution in [3.8, 4) is 11.5 Å². The summed E-state index contributed by atoms with van der Waals surface area (Å²) in [5.41, 5.74) is 1.59. The third-order valence-corrected chi connectivity index (χ3v) is 6.79. The molecule has 0 spiro atoms. The highest BCUT2D eigenvalue weighted by molar-refractivity contribution is 7.92. The van der Waals surface area contributed by atoms with Gasteiger partial charge in [0.05, 0.1) is 18.6 Å². The number of aliphatic hydroxyl groups is 1. The van der Waals surface area contributed by atoms with Crippen LogP contribution in [0.3, 0.4) is 0 Å². The Balaban J connectivity index is 1.41. The van der Waals surface area contributed by atoms with Crippen molar-refractivity contribution in [1.29, 1.82) is 0 Å². The second-order valence-corrected chi connectivity index (χ2v) is 9.88. The number of nitrogens with one attached hydrogen (secondary N) is 2. The zero-order chi connectivity index (χ0) is 23.0. The average Bonchev–Trinajstić information content (AvgIpc) is 2.82. The van der Waals surface area contributed by atoms with Crippen LogP contribution in [-0.4, -0.2) is 64.8 Å². The topological polar surface area (TPSA) is 100 Å². The maximum Gasteiger partial charge on any atom is 0.232 e. The summed E-state index contributed by atoms with van der Waals surface area (Å²) in [5, 5.41) is 13.7. The Kier molecular flexibility index (Phi) is 8.60. The number of aliphatic hydroxyl groups excluding tert-OH is 1. The quantitative estimate of drug-likeness (QED) is 0.471. The van der Waals surface area contributed by atoms with Gasteiger partial charge in [-0.15, -0.1) is 0 Å². The Morgan fingerprint density at radius 1 is 1.12 bits per heavy atom. The molecule has 0 bridgehead atoms. The minimum atomic E-state index is -3.29. The summed E-state index contributed by atoms with van der Waals surface area (Å²) < 4.78 is 37.1. The lowest BCUT2D eigenvalue weighted by molar-refractivity contribution is 0.102. The van der Waals surface area contributed by atoms with E-state index < -0.39 is 16.1 Å². The molecule has 0 saturated carbocycles. The molecule has 0 radical (unpaired) electrons. The summed E-state index contributed by atoms with van der Waals surface area (Å²) in [6, 6.07) is 15.1. The molecule has 32 heavy (non-hydrogen) atoms. The zero-order valence-electron chi connectivity index (χ0n) is 18.7. The van der Waals surface area contributed by atoms with Crippen LogP contribution in [0, 0.1) is 0 Å². The van der Waals surface area contributed by atoms with E-state index in [-0.39, 0.29) is 12.4 Å². The van der Waals surface area contributed by atoms with Crippen LogP contribution in [0.2, 0.25) is 0 Å². The van der Waals surface area contributed by atoms with Crippen molar-refractivity contribution in [3.05, 3.63) is 48.5 Å². The normalized spacial score (nSPS) is 15.9. The summed E-state index contributed by atoms with van der Waals surface area (Å²) in [4.78, 5) is 2.25. The molecule has 0 aliphatic carbocycles. The van der Waals surface area contributed by atoms with Crippen LogP contribution < -0.4 is 24.4 Å². The number of rotatable bonds is 11. The molecule has 9 heteroatoms. The first-order valence-electron chi connectivity index (χ1n) is 10.9. The number of nitrogens with zero attached hydrogens (tertiary/aromatic N) is 1. The highest BCUT2D eigenvalue weighted by atomic mass is 32.2. The van der Waals surface area contributed by atoms with Crippen LogP contribution in [0.25, 0.3) is 0 Å². The monoisotopic (exact) mass is 463 g/mol. The second-order valence-electron chi connectivity index (χ2n) is 7.87. The van der Waals surface area contributed by atoms with Gasteiger partial charge in [-0.05, 0) is 50.1 Å². The van der Waals surface area contributed by atoms with Gasteiger partial charge < -0.3 is 24.8 Å². The van der Waals surface area contributed by atoms with Gasteiger partial charge in [-0.2, -0.15) is 0 Å². The van der Waals surface area contributed by atoms with Crippen molar-refractivity contribution in [2.24, 2.45) is 0 Å². The standard InChI is InChI=1S/C23H33N3O5S/c1-3-32(28,29)25-19-6-4-7-20(14-19)26-12-10-18(11-13-26)24-16-21(27)17-31-23-9-5-8-22(15-23)30-2/h4-9,14-15,18,21,24-25,27H,3,10-13,16-17H2,1-2H3/t21-/m1/s1. The Hall–Kier alpha value is -2.49. The van der Waals surface area contributed by atoms with Crippen molar-refractivity contribution < 1.29 is 23.0 Å². The Morgan fingerprint density at radius 2 is 1.84 bits per heavy atom. The number of methoxy groups -OCH3 is 1. The number of benzene rings is 2. The van der Waals surface area contributed by atoms with E-state index in [0.29, 0.717) is 24.0 Å². The molecule has 0 amide bonds. The molecule has 1 heterocycles. The molecule has 0 unspecified atom stereocenters. The molecule has 1 atom stereocenters. The van der Waals surface area contributed by atoms with E-state index in [2.05, 4.69) is 14.9 Å². The van der Waals surface area contributed by atoms with E-state index in [1.807, 2.05) is 36.4 Å². The number of hydrogen-bond donors (Lipinski definition) is 3. The van der Waals surface area contributed by atoms with Gasteiger partial charge in [0.15, 0.2) is 0 Å². The van der Waals surface area contributed by atoms with Crippen LogP contribution in [0.5, 0.6) is 11.5 Å². The van der Waals surface area contributed by atoms with Crippen LogP contribution in [0.4, 0.5) is 11.4 Å². The Morgan fingerprint density at radius 3 is 2.56 bits per heavy atom. The maximum atomic E-state index is 11.8. The number of piperidine rings is 1. The zero-order valence-corrected chi connectivity index (χ0v) is 19.5. The highest BCUT2D eigenvalue weighted by Crippen LogP contribution is 2.24. The van der Waals surface area contributed by atoms with Crippen molar-refractivity contribution in [1.82, 2.24) is 5.32 Å². The van der Waals surface area contributed by atoms with Crippen molar-refractivity contribution in [3.63, 3.8) is 0 Å². The molecule has 8 nitrogen and oxygen atoms in total. The van der Waals surface area contributed by atoms with Gasteiger partial charge in [0.2, 0.25) is 10.0 Å². The summed E-state index contributed by atoms with van der Waals surface area (Å²) in [7, 11) is -1.68. The van der Waals surface area contributed by atoms with E-state index >= 15 is 0 Å². The van der Waals surface area contributed by atoms with Gasteiger partial charge in [0, 0.05) is 37.4 Å². The third kappa shape index (κ3) is 7.29. The van der Waals surface area contributed by atoms with Crippen molar-refractivity contribution in [2.75, 3.05) is 48.7 Å². The molecule has 1 saturated heterocycles. The van der Waals surface area contributed by atoms with Crippen LogP contribution >= 0.6 is 0 Å². The first-order valence-corrected chi connectivity index (χ1v) is 12.6. The van der Waals surface area contributed by atoms with Crippen molar-refractivity contribution in [2.45, 2.75) is 31.9 Å². The van der Waals surface area contributed by atoms with Crippen LogP contribution in [0.1, 0.15) is 19.8 Å². The smallest absolute Gasteiger partial charge is 0.232 e. The lowest BCUT2D eigenvalue weighted by atomic mass is 10.0. The number of anilines is 2. The fourth-order valence-corrected chi connectivity index (χ4v) is 4.24. The first-order chi connectivity index (χ1) is 15.4. The van der Waals surface area contributed by atoms with Crippen molar-refractivity contribution >= 4 is 21.4 Å². The Labute approximate surface area is 190 Å². The Bertz CT molecular complexity index is 962. The molecular weight excluding hydrogens is 430 g/mol. The highest BCUT2D eigenvalue weighted by Gasteiger charge is 2.20. The molecule has 1 aliphatic heterocycles. The van der Waals surface area contributed by atoms with Crippen LogP contribution in [-0.2, 0) is 10.0 Å².